The van der Waals surface area contributed by atoms with Crippen molar-refractivity contribution >= 4 is 17.7 Å². The van der Waals surface area contributed by atoms with Crippen LogP contribution in [0.5, 0.6) is 0 Å². The number of ether oxygens (including phenoxy) is 1. The Balaban J connectivity index is 2.01. The average Bonchev–Trinajstić information content (AvgIpc) is 2.67. The van der Waals surface area contributed by atoms with Crippen LogP contribution >= 0.6 is 0 Å². The van der Waals surface area contributed by atoms with E-state index in [9.17, 15) is 19.7 Å². The third-order valence-electron chi connectivity index (χ3n) is 5.39. The number of hydrogen-bond donors (Lipinski definition) is 2. The molecule has 3 atom stereocenters. The van der Waals surface area contributed by atoms with Crippen LogP contribution in [-0.4, -0.2) is 48.1 Å². The average molecular weight is 416 g/mol. The molecule has 0 spiro atoms. The SMILES string of the molecule is CCOC(=O)C1=C(CN2C[C@H](C)C[C@@H](C)C2)NC(=O)N[C@H]1c1cccc([N+](=O)[O-])c1. The predicted molar refractivity (Wildman–Crippen MR) is 111 cm³/mol. The zero-order chi connectivity index (χ0) is 21.8. The van der Waals surface area contributed by atoms with E-state index in [-0.39, 0.29) is 17.9 Å². The van der Waals surface area contributed by atoms with E-state index >= 15 is 0 Å². The summed E-state index contributed by atoms with van der Waals surface area (Å²) >= 11 is 0. The lowest BCUT2D eigenvalue weighted by atomic mass is 9.91. The van der Waals surface area contributed by atoms with Crippen molar-refractivity contribution in [2.45, 2.75) is 33.2 Å². The van der Waals surface area contributed by atoms with Crippen molar-refractivity contribution in [2.75, 3.05) is 26.2 Å². The molecule has 0 radical (unpaired) electrons. The molecule has 1 aromatic carbocycles. The molecule has 2 aliphatic rings. The number of carbonyl (C=O) groups is 2. The van der Waals surface area contributed by atoms with Gasteiger partial charge >= 0.3 is 12.0 Å². The van der Waals surface area contributed by atoms with Crippen molar-refractivity contribution in [3.05, 3.63) is 51.2 Å². The lowest BCUT2D eigenvalue weighted by Crippen LogP contribution is -2.50. The summed E-state index contributed by atoms with van der Waals surface area (Å²) in [5.74, 6) is 0.491. The van der Waals surface area contributed by atoms with E-state index in [0.717, 1.165) is 19.5 Å². The van der Waals surface area contributed by atoms with Crippen molar-refractivity contribution in [3.8, 4) is 0 Å². The summed E-state index contributed by atoms with van der Waals surface area (Å²) in [6.45, 7) is 8.42. The van der Waals surface area contributed by atoms with Gasteiger partial charge in [-0.05, 0) is 30.7 Å². The summed E-state index contributed by atoms with van der Waals surface area (Å²) in [5, 5.41) is 16.7. The zero-order valence-electron chi connectivity index (χ0n) is 17.5. The number of likely N-dealkylation sites (tertiary alicyclic amines) is 1. The van der Waals surface area contributed by atoms with Gasteiger partial charge in [0.05, 0.1) is 23.1 Å². The first kappa shape index (κ1) is 21.8. The molecule has 2 aliphatic heterocycles. The first-order valence-electron chi connectivity index (χ1n) is 10.2. The first-order chi connectivity index (χ1) is 14.3. The van der Waals surface area contributed by atoms with Crippen LogP contribution in [-0.2, 0) is 9.53 Å². The molecule has 1 fully saturated rings. The Kier molecular flexibility index (Phi) is 6.71. The summed E-state index contributed by atoms with van der Waals surface area (Å²) in [6, 6.07) is 4.67. The summed E-state index contributed by atoms with van der Waals surface area (Å²) in [7, 11) is 0. The smallest absolute Gasteiger partial charge is 0.338 e. The molecule has 2 N–H and O–H groups in total. The van der Waals surface area contributed by atoms with Crippen LogP contribution in [0.2, 0.25) is 0 Å². The molecule has 0 saturated carbocycles. The molecule has 30 heavy (non-hydrogen) atoms. The first-order valence-corrected chi connectivity index (χ1v) is 10.2. The maximum atomic E-state index is 12.9. The molecule has 0 unspecified atom stereocenters. The van der Waals surface area contributed by atoms with Gasteiger partial charge in [0.25, 0.3) is 5.69 Å². The number of urea groups is 1. The van der Waals surface area contributed by atoms with Crippen LogP contribution in [0, 0.1) is 22.0 Å². The molecule has 2 amide bonds. The Hall–Kier alpha value is -2.94. The monoisotopic (exact) mass is 416 g/mol. The summed E-state index contributed by atoms with van der Waals surface area (Å²) in [4.78, 5) is 38.2. The summed E-state index contributed by atoms with van der Waals surface area (Å²) in [5.41, 5.74) is 1.11. The van der Waals surface area contributed by atoms with Crippen molar-refractivity contribution in [1.29, 1.82) is 0 Å². The minimum Gasteiger partial charge on any atom is -0.463 e. The minimum absolute atomic E-state index is 0.108. The normalized spacial score (nSPS) is 24.8. The van der Waals surface area contributed by atoms with E-state index in [0.29, 0.717) is 29.6 Å². The maximum Gasteiger partial charge on any atom is 0.338 e. The molecular weight excluding hydrogens is 388 g/mol. The molecule has 9 nitrogen and oxygen atoms in total. The quantitative estimate of drug-likeness (QED) is 0.419. The number of carbonyl (C=O) groups excluding carboxylic acids is 2. The van der Waals surface area contributed by atoms with Gasteiger partial charge < -0.3 is 15.4 Å². The molecule has 9 heteroatoms. The Morgan fingerprint density at radius 3 is 2.63 bits per heavy atom. The van der Waals surface area contributed by atoms with Gasteiger partial charge in [-0.25, -0.2) is 9.59 Å². The number of benzene rings is 1. The molecule has 1 saturated heterocycles. The number of nitrogens with one attached hydrogen (secondary N) is 2. The van der Waals surface area contributed by atoms with E-state index in [1.807, 2.05) is 0 Å². The predicted octanol–water partition coefficient (Wildman–Crippen LogP) is 2.74. The fourth-order valence-electron chi connectivity index (χ4n) is 4.41. The van der Waals surface area contributed by atoms with Gasteiger partial charge in [0, 0.05) is 37.5 Å². The highest BCUT2D eigenvalue weighted by atomic mass is 16.6. The van der Waals surface area contributed by atoms with Crippen LogP contribution in [0.3, 0.4) is 0 Å². The number of hydrogen-bond acceptors (Lipinski definition) is 6. The lowest BCUT2D eigenvalue weighted by Gasteiger charge is -2.37. The number of nitrogens with zero attached hydrogens (tertiary/aromatic N) is 2. The van der Waals surface area contributed by atoms with E-state index in [1.165, 1.54) is 18.2 Å². The van der Waals surface area contributed by atoms with E-state index in [1.54, 1.807) is 13.0 Å². The molecule has 3 rings (SSSR count). The van der Waals surface area contributed by atoms with Gasteiger partial charge in [0.15, 0.2) is 0 Å². The van der Waals surface area contributed by atoms with E-state index in [4.69, 9.17) is 4.74 Å². The second-order valence-corrected chi connectivity index (χ2v) is 8.14. The van der Waals surface area contributed by atoms with Crippen molar-refractivity contribution < 1.29 is 19.2 Å². The van der Waals surface area contributed by atoms with Gasteiger partial charge in [-0.3, -0.25) is 15.0 Å². The van der Waals surface area contributed by atoms with Gasteiger partial charge in [-0.2, -0.15) is 0 Å². The highest BCUT2D eigenvalue weighted by Gasteiger charge is 2.35. The summed E-state index contributed by atoms with van der Waals surface area (Å²) < 4.78 is 5.27. The molecular formula is C21H28N4O5. The largest absolute Gasteiger partial charge is 0.463 e. The number of piperidine rings is 1. The minimum atomic E-state index is -0.827. The number of esters is 1. The lowest BCUT2D eigenvalue weighted by molar-refractivity contribution is -0.384. The number of nitro benzene ring substituents is 1. The number of non-ortho nitro benzene ring substituents is 1. The topological polar surface area (TPSA) is 114 Å². The Morgan fingerprint density at radius 1 is 1.30 bits per heavy atom. The zero-order valence-corrected chi connectivity index (χ0v) is 17.5. The molecule has 0 aromatic heterocycles. The van der Waals surface area contributed by atoms with E-state index in [2.05, 4.69) is 29.4 Å². The Bertz CT molecular complexity index is 859. The number of nitro groups is 1. The number of amides is 2. The Morgan fingerprint density at radius 2 is 2.00 bits per heavy atom. The van der Waals surface area contributed by atoms with Crippen LogP contribution in [0.25, 0.3) is 0 Å². The number of rotatable bonds is 6. The molecule has 162 valence electrons. The second-order valence-electron chi connectivity index (χ2n) is 8.14. The van der Waals surface area contributed by atoms with Crippen molar-refractivity contribution in [3.63, 3.8) is 0 Å². The third kappa shape index (κ3) is 4.96. The van der Waals surface area contributed by atoms with E-state index < -0.39 is 23.0 Å². The van der Waals surface area contributed by atoms with Crippen LogP contribution < -0.4 is 10.6 Å². The van der Waals surface area contributed by atoms with Gasteiger partial charge in [0.1, 0.15) is 0 Å². The second kappa shape index (κ2) is 9.25. The molecule has 0 bridgehead atoms. The van der Waals surface area contributed by atoms with Gasteiger partial charge in [-0.1, -0.05) is 26.0 Å². The molecule has 2 heterocycles. The molecule has 1 aromatic rings. The highest BCUT2D eigenvalue weighted by molar-refractivity contribution is 5.95. The van der Waals surface area contributed by atoms with Crippen LogP contribution in [0.1, 0.15) is 38.8 Å². The molecule has 0 aliphatic carbocycles. The fraction of sp³-hybridized carbons (Fsp3) is 0.524. The van der Waals surface area contributed by atoms with Crippen LogP contribution in [0.15, 0.2) is 35.5 Å². The maximum absolute atomic E-state index is 12.9. The van der Waals surface area contributed by atoms with Crippen molar-refractivity contribution in [2.24, 2.45) is 11.8 Å². The van der Waals surface area contributed by atoms with Crippen molar-refractivity contribution in [1.82, 2.24) is 15.5 Å². The van der Waals surface area contributed by atoms with Crippen LogP contribution in [0.4, 0.5) is 10.5 Å². The Labute approximate surface area is 175 Å². The summed E-state index contributed by atoms with van der Waals surface area (Å²) in [6.07, 6.45) is 1.14. The fourth-order valence-corrected chi connectivity index (χ4v) is 4.41. The third-order valence-corrected chi connectivity index (χ3v) is 5.39. The highest BCUT2D eigenvalue weighted by Crippen LogP contribution is 2.31. The standard InChI is InChI=1S/C21H28N4O5/c1-4-30-20(26)18-17(12-24-10-13(2)8-14(3)11-24)22-21(27)23-19(18)15-6-5-7-16(9-15)25(28)29/h5-7,9,13-14,19H,4,8,10-12H2,1-3H3,(H2,22,23,27)/t13-,14-,19+/m1/s1. The van der Waals surface area contributed by atoms with Gasteiger partial charge in [-0.15, -0.1) is 0 Å². The van der Waals surface area contributed by atoms with Gasteiger partial charge in [0.2, 0.25) is 0 Å².